The summed E-state index contributed by atoms with van der Waals surface area (Å²) in [4.78, 5) is 29.9. The highest BCUT2D eigenvalue weighted by molar-refractivity contribution is 6.45. The predicted molar refractivity (Wildman–Crippen MR) is 140 cm³/mol. The number of amides is 1. The van der Waals surface area contributed by atoms with E-state index in [0.29, 0.717) is 40.2 Å². The molecule has 5 rings (SSSR count). The first-order valence-electron chi connectivity index (χ1n) is 11.4. The third-order valence-corrected chi connectivity index (χ3v) is 7.03. The molecule has 0 radical (unpaired) electrons. The number of fused-ring (bicyclic) bond motifs is 4. The molecule has 0 fully saturated rings. The molecule has 1 aliphatic heterocycles. The van der Waals surface area contributed by atoms with Crippen molar-refractivity contribution in [3.63, 3.8) is 0 Å². The number of H-pyrrole nitrogens is 1. The zero-order valence-electron chi connectivity index (χ0n) is 19.3. The van der Waals surface area contributed by atoms with Crippen LogP contribution in [0.4, 0.5) is 5.69 Å². The van der Waals surface area contributed by atoms with E-state index in [2.05, 4.69) is 4.98 Å². The first-order valence-corrected chi connectivity index (χ1v) is 12.3. The van der Waals surface area contributed by atoms with Crippen LogP contribution >= 0.6 is 23.2 Å². The third kappa shape index (κ3) is 4.01. The Morgan fingerprint density at radius 3 is 2.60 bits per heavy atom. The van der Waals surface area contributed by atoms with Crippen LogP contribution in [0.1, 0.15) is 52.6 Å². The van der Waals surface area contributed by atoms with Crippen molar-refractivity contribution >= 4 is 62.3 Å². The zero-order chi connectivity index (χ0) is 24.9. The molecule has 1 aromatic heterocycles. The van der Waals surface area contributed by atoms with Gasteiger partial charge in [-0.3, -0.25) is 9.59 Å². The molecule has 0 aliphatic carbocycles. The number of halogens is 2. The Labute approximate surface area is 212 Å². The van der Waals surface area contributed by atoms with E-state index in [-0.39, 0.29) is 29.9 Å². The number of hydrogen-bond donors (Lipinski definition) is 2. The number of alkyl halides is 2. The summed E-state index contributed by atoms with van der Waals surface area (Å²) < 4.78 is 5.77. The fourth-order valence-corrected chi connectivity index (χ4v) is 5.20. The molecule has 8 heteroatoms. The number of aromatic amines is 1. The van der Waals surface area contributed by atoms with Crippen LogP contribution in [0.2, 0.25) is 0 Å². The number of phenolic OH excluding ortho intramolecular Hbond substituents is 1. The summed E-state index contributed by atoms with van der Waals surface area (Å²) in [5.41, 5.74) is 2.93. The van der Waals surface area contributed by atoms with Gasteiger partial charge in [0.1, 0.15) is 22.0 Å². The second-order valence-electron chi connectivity index (χ2n) is 8.75. The molecule has 35 heavy (non-hydrogen) atoms. The van der Waals surface area contributed by atoms with Gasteiger partial charge in [-0.25, -0.2) is 0 Å². The van der Waals surface area contributed by atoms with Crippen LogP contribution in [-0.4, -0.2) is 39.8 Å². The number of carbonyl (C=O) groups excluding carboxylic acids is 2. The largest absolute Gasteiger partial charge is 0.507 e. The Bertz CT molecular complexity index is 1480. The summed E-state index contributed by atoms with van der Waals surface area (Å²) in [6, 6.07) is 14.3. The Kier molecular flexibility index (Phi) is 6.11. The molecule has 0 spiro atoms. The number of Topliss-reactive ketones (excluding diaryl/α,β-unsaturated/α-hetero) is 1. The molecule has 2 N–H and O–H groups in total. The Hall–Kier alpha value is -3.22. The summed E-state index contributed by atoms with van der Waals surface area (Å²) >= 11 is 12.7. The Morgan fingerprint density at radius 1 is 1.17 bits per heavy atom. The fourth-order valence-electron chi connectivity index (χ4n) is 4.79. The van der Waals surface area contributed by atoms with E-state index < -0.39 is 4.84 Å². The molecular formula is C27H24Cl2N2O4. The van der Waals surface area contributed by atoms with E-state index in [1.807, 2.05) is 31.2 Å². The van der Waals surface area contributed by atoms with Crippen molar-refractivity contribution in [2.45, 2.75) is 31.0 Å². The van der Waals surface area contributed by atoms with Gasteiger partial charge in [0.25, 0.3) is 5.91 Å². The van der Waals surface area contributed by atoms with Gasteiger partial charge < -0.3 is 19.7 Å². The number of aromatic hydroxyl groups is 1. The first-order chi connectivity index (χ1) is 16.8. The number of aromatic nitrogens is 1. The number of ketones is 1. The number of hydrogen-bond acceptors (Lipinski definition) is 4. The van der Waals surface area contributed by atoms with E-state index in [0.717, 1.165) is 22.8 Å². The van der Waals surface area contributed by atoms with Crippen molar-refractivity contribution in [3.8, 4) is 11.5 Å². The number of carbonyl (C=O) groups is 2. The quantitative estimate of drug-likeness (QED) is 0.227. The number of anilines is 1. The van der Waals surface area contributed by atoms with Crippen LogP contribution < -0.4 is 9.64 Å². The lowest BCUT2D eigenvalue weighted by atomic mass is 9.95. The fraction of sp³-hybridized carbons (Fsp3) is 0.259. The van der Waals surface area contributed by atoms with Gasteiger partial charge in [0.2, 0.25) is 0 Å². The third-order valence-electron chi connectivity index (χ3n) is 6.43. The maximum Gasteiger partial charge on any atom is 0.274 e. The van der Waals surface area contributed by atoms with Crippen molar-refractivity contribution in [2.24, 2.45) is 0 Å². The van der Waals surface area contributed by atoms with E-state index in [4.69, 9.17) is 27.9 Å². The lowest BCUT2D eigenvalue weighted by molar-refractivity contribution is 0.0982. The maximum atomic E-state index is 13.7. The average molecular weight is 511 g/mol. The minimum atomic E-state index is -0.737. The lowest BCUT2D eigenvalue weighted by Gasteiger charge is -2.17. The summed E-state index contributed by atoms with van der Waals surface area (Å²) in [5, 5.41) is 12.9. The molecule has 3 aromatic carbocycles. The van der Waals surface area contributed by atoms with Gasteiger partial charge in [-0.15, -0.1) is 23.2 Å². The summed E-state index contributed by atoms with van der Waals surface area (Å²) in [5.74, 6) is -0.137. The van der Waals surface area contributed by atoms with Crippen molar-refractivity contribution in [1.82, 2.24) is 4.98 Å². The van der Waals surface area contributed by atoms with Gasteiger partial charge in [0.15, 0.2) is 5.78 Å². The van der Waals surface area contributed by atoms with Gasteiger partial charge in [0, 0.05) is 40.9 Å². The molecule has 0 saturated carbocycles. The second kappa shape index (κ2) is 9.10. The zero-order valence-corrected chi connectivity index (χ0v) is 20.8. The van der Waals surface area contributed by atoms with Gasteiger partial charge in [0.05, 0.1) is 17.9 Å². The molecule has 6 nitrogen and oxygen atoms in total. The van der Waals surface area contributed by atoms with Crippen molar-refractivity contribution in [1.29, 1.82) is 0 Å². The van der Waals surface area contributed by atoms with Gasteiger partial charge in [-0.1, -0.05) is 31.2 Å². The first kappa shape index (κ1) is 23.5. The standard InChI is InChI=1S/C27H24Cl2N2O4/c1-3-8-35-24-11-20-15(9-18(24)14(2)32)10-21(30-20)27(34)31-13-19(26(28)29)25-17-7-5-4-6-16(17)23(33)12-22(25)31/h4-7,9-12,19,26,30,33H,3,8,13H2,1-2H3/t19-/m1/s1. The molecule has 4 aromatic rings. The number of benzene rings is 3. The van der Waals surface area contributed by atoms with Crippen LogP contribution in [0.25, 0.3) is 21.7 Å². The number of nitrogens with zero attached hydrogens (tertiary/aromatic N) is 1. The Balaban J connectivity index is 1.59. The molecule has 1 atom stereocenters. The molecule has 0 unspecified atom stereocenters. The summed E-state index contributed by atoms with van der Waals surface area (Å²) in [6.45, 7) is 4.25. The number of rotatable bonds is 6. The Morgan fingerprint density at radius 2 is 1.91 bits per heavy atom. The predicted octanol–water partition coefficient (Wildman–Crippen LogP) is 6.57. The molecule has 2 heterocycles. The highest BCUT2D eigenvalue weighted by atomic mass is 35.5. The smallest absolute Gasteiger partial charge is 0.274 e. The van der Waals surface area contributed by atoms with Crippen LogP contribution in [0, 0.1) is 0 Å². The number of ether oxygens (including phenoxy) is 1. The van der Waals surface area contributed by atoms with Crippen molar-refractivity contribution < 1.29 is 19.4 Å². The van der Waals surface area contributed by atoms with Gasteiger partial charge in [-0.05, 0) is 36.4 Å². The van der Waals surface area contributed by atoms with Gasteiger partial charge in [-0.2, -0.15) is 0 Å². The normalized spacial score (nSPS) is 15.2. The van der Waals surface area contributed by atoms with Gasteiger partial charge >= 0.3 is 0 Å². The minimum absolute atomic E-state index is 0.0824. The second-order valence-corrected chi connectivity index (χ2v) is 9.92. The number of phenols is 1. The SMILES string of the molecule is CCCOc1cc2[nH]c(C(=O)N3C[C@@H](C(Cl)Cl)c4c3cc(O)c3ccccc43)cc2cc1C(C)=O. The van der Waals surface area contributed by atoms with Crippen LogP contribution in [-0.2, 0) is 0 Å². The lowest BCUT2D eigenvalue weighted by Crippen LogP contribution is -2.31. The highest BCUT2D eigenvalue weighted by Gasteiger charge is 2.38. The van der Waals surface area contributed by atoms with E-state index >= 15 is 0 Å². The monoisotopic (exact) mass is 510 g/mol. The number of nitrogens with one attached hydrogen (secondary N) is 1. The molecule has 180 valence electrons. The topological polar surface area (TPSA) is 82.6 Å². The van der Waals surface area contributed by atoms with E-state index in [1.165, 1.54) is 6.92 Å². The highest BCUT2D eigenvalue weighted by Crippen LogP contribution is 2.48. The van der Waals surface area contributed by atoms with E-state index in [9.17, 15) is 14.7 Å². The molecule has 0 bridgehead atoms. The molecule has 0 saturated heterocycles. The molecule has 1 aliphatic rings. The van der Waals surface area contributed by atoms with Crippen molar-refractivity contribution in [3.05, 3.63) is 65.4 Å². The van der Waals surface area contributed by atoms with Crippen molar-refractivity contribution in [2.75, 3.05) is 18.1 Å². The maximum absolute atomic E-state index is 13.7. The van der Waals surface area contributed by atoms with Crippen LogP contribution in [0.5, 0.6) is 11.5 Å². The summed E-state index contributed by atoms with van der Waals surface area (Å²) in [7, 11) is 0. The van der Waals surface area contributed by atoms with Crippen LogP contribution in [0.15, 0.2) is 48.5 Å². The molecule has 1 amide bonds. The molecular weight excluding hydrogens is 487 g/mol. The average Bonchev–Trinajstić information content (AvgIpc) is 3.43. The van der Waals surface area contributed by atoms with E-state index in [1.54, 1.807) is 29.2 Å². The minimum Gasteiger partial charge on any atom is -0.507 e. The summed E-state index contributed by atoms with van der Waals surface area (Å²) in [6.07, 6.45) is 0.809. The van der Waals surface area contributed by atoms with Crippen LogP contribution in [0.3, 0.4) is 0 Å².